The molecule has 52 valence electrons. The van der Waals surface area contributed by atoms with Gasteiger partial charge in [0.25, 0.3) is 0 Å². The molecule has 0 aromatic carbocycles. The molecule has 3 nitrogen and oxygen atoms in total. The molecule has 0 radical (unpaired) electrons. The molecule has 0 bridgehead atoms. The number of carbonyl (C=O) groups is 1. The van der Waals surface area contributed by atoms with E-state index in [1.807, 2.05) is 0 Å². The van der Waals surface area contributed by atoms with Crippen LogP contribution in [0.1, 0.15) is 6.92 Å². The molecular weight excluding hydrogens is 137 g/mol. The molecule has 0 fully saturated rings. The summed E-state index contributed by atoms with van der Waals surface area (Å²) in [4.78, 5) is 10.4. The second-order valence-electron chi connectivity index (χ2n) is 2.26. The molecule has 0 aromatic rings. The van der Waals surface area contributed by atoms with Gasteiger partial charge in [0.2, 0.25) is 0 Å². The zero-order valence-electron chi connectivity index (χ0n) is 5.76. The molecule has 0 aliphatic carbocycles. The first-order valence-electron chi connectivity index (χ1n) is 2.50. The van der Waals surface area contributed by atoms with E-state index in [4.69, 9.17) is 5.41 Å². The molecule has 0 saturated carbocycles. The summed E-state index contributed by atoms with van der Waals surface area (Å²) in [6, 6.07) is 0. The Morgan fingerprint density at radius 1 is 1.44 bits per heavy atom. The van der Waals surface area contributed by atoms with E-state index in [0.29, 0.717) is 0 Å². The van der Waals surface area contributed by atoms with Crippen LogP contribution < -0.4 is 0 Å². The van der Waals surface area contributed by atoms with Crippen molar-refractivity contribution >= 4 is 18.4 Å². The Labute approximate surface area is 54.3 Å². The van der Waals surface area contributed by atoms with Crippen LogP contribution in [0.2, 0.25) is 0 Å². The molecule has 0 saturated heterocycles. The van der Waals surface area contributed by atoms with Gasteiger partial charge in [0.15, 0.2) is 5.78 Å². The minimum Gasteiger partial charge on any atom is -0.318 e. The number of carbonyl (C=O) groups excluding carboxylic acids is 1. The summed E-state index contributed by atoms with van der Waals surface area (Å²) in [5.74, 6) is -0.400. The summed E-state index contributed by atoms with van der Waals surface area (Å²) in [5.41, 5.74) is -0.248. The van der Waals surface area contributed by atoms with E-state index in [1.54, 1.807) is 0 Å². The normalized spacial score (nSPS) is 11.0. The number of rotatable bonds is 2. The van der Waals surface area contributed by atoms with Crippen LogP contribution in [0.25, 0.3) is 0 Å². The van der Waals surface area contributed by atoms with Gasteiger partial charge < -0.3 is 4.57 Å². The van der Waals surface area contributed by atoms with Crippen molar-refractivity contribution in [3.63, 3.8) is 0 Å². The highest BCUT2D eigenvalue weighted by atomic mass is 31.2. The predicted molar refractivity (Wildman–Crippen MR) is 37.9 cm³/mol. The molecule has 1 N–H and O–H groups in total. The van der Waals surface area contributed by atoms with E-state index >= 15 is 0 Å². The average molecular weight is 147 g/mol. The monoisotopic (exact) mass is 147 g/mol. The van der Waals surface area contributed by atoms with Gasteiger partial charge in [0, 0.05) is 6.92 Å². The summed E-state index contributed by atoms with van der Waals surface area (Å²) in [6.45, 7) is 4.08. The SMILES string of the molecule is CC(=O)C(=N)P(C)(C)=O. The zero-order valence-corrected chi connectivity index (χ0v) is 6.66. The van der Waals surface area contributed by atoms with Gasteiger partial charge in [-0.05, 0) is 13.3 Å². The number of Topliss-reactive ketones (excluding diaryl/α,β-unsaturated/α-hetero) is 1. The Morgan fingerprint density at radius 3 is 1.78 bits per heavy atom. The lowest BCUT2D eigenvalue weighted by atomic mass is 10.5. The molecule has 0 unspecified atom stereocenters. The van der Waals surface area contributed by atoms with Crippen molar-refractivity contribution in [2.45, 2.75) is 6.92 Å². The van der Waals surface area contributed by atoms with Gasteiger partial charge in [-0.1, -0.05) is 0 Å². The molecule has 4 heteroatoms. The van der Waals surface area contributed by atoms with Crippen LogP contribution in [0, 0.1) is 5.41 Å². The number of ketones is 1. The fraction of sp³-hybridized carbons (Fsp3) is 0.600. The van der Waals surface area contributed by atoms with Crippen molar-refractivity contribution in [2.24, 2.45) is 0 Å². The first kappa shape index (κ1) is 8.57. The third-order valence-corrected chi connectivity index (χ3v) is 2.26. The third kappa shape index (κ3) is 2.56. The Balaban J connectivity index is 4.43. The number of hydrogen-bond donors (Lipinski definition) is 1. The van der Waals surface area contributed by atoms with Gasteiger partial charge in [-0.2, -0.15) is 0 Å². The minimum atomic E-state index is -2.58. The van der Waals surface area contributed by atoms with Gasteiger partial charge in [0.05, 0.1) is 0 Å². The maximum absolute atomic E-state index is 10.9. The smallest absolute Gasteiger partial charge is 0.180 e. The molecule has 0 aliphatic heterocycles. The highest BCUT2D eigenvalue weighted by Gasteiger charge is 2.18. The Hall–Kier alpha value is -0.430. The van der Waals surface area contributed by atoms with Crippen molar-refractivity contribution in [3.05, 3.63) is 0 Å². The summed E-state index contributed by atoms with van der Waals surface area (Å²) in [7, 11) is -2.58. The molecule has 0 aromatic heterocycles. The van der Waals surface area contributed by atoms with Crippen LogP contribution >= 0.6 is 7.14 Å². The van der Waals surface area contributed by atoms with E-state index in [9.17, 15) is 9.36 Å². The molecular formula is C5H10NO2P. The van der Waals surface area contributed by atoms with Gasteiger partial charge in [-0.25, -0.2) is 0 Å². The van der Waals surface area contributed by atoms with Crippen molar-refractivity contribution < 1.29 is 9.36 Å². The first-order valence-corrected chi connectivity index (χ1v) is 5.11. The molecule has 0 amide bonds. The Kier molecular flexibility index (Phi) is 2.32. The lowest BCUT2D eigenvalue weighted by Gasteiger charge is -2.02. The maximum atomic E-state index is 10.9. The lowest BCUT2D eigenvalue weighted by molar-refractivity contribution is -0.110. The van der Waals surface area contributed by atoms with Crippen molar-refractivity contribution in [1.29, 1.82) is 5.41 Å². The van der Waals surface area contributed by atoms with Gasteiger partial charge in [-0.3, -0.25) is 10.2 Å². The van der Waals surface area contributed by atoms with E-state index < -0.39 is 12.9 Å². The second-order valence-corrected chi connectivity index (χ2v) is 5.40. The largest absolute Gasteiger partial charge is 0.318 e. The zero-order chi connectivity index (χ0) is 7.65. The molecule has 0 atom stereocenters. The predicted octanol–water partition coefficient (Wildman–Crippen LogP) is 1.18. The van der Waals surface area contributed by atoms with Crippen molar-refractivity contribution in [2.75, 3.05) is 13.3 Å². The van der Waals surface area contributed by atoms with Crippen LogP contribution in [-0.2, 0) is 9.36 Å². The molecule has 0 spiro atoms. The van der Waals surface area contributed by atoms with Crippen LogP contribution in [0.15, 0.2) is 0 Å². The first-order chi connectivity index (χ1) is 3.85. The molecule has 0 heterocycles. The van der Waals surface area contributed by atoms with E-state index in [2.05, 4.69) is 0 Å². The van der Waals surface area contributed by atoms with Crippen molar-refractivity contribution in [3.8, 4) is 0 Å². The average Bonchev–Trinajstić information content (AvgIpc) is 1.62. The number of hydrogen-bond acceptors (Lipinski definition) is 3. The molecule has 9 heavy (non-hydrogen) atoms. The Bertz CT molecular complexity index is 191. The third-order valence-electron chi connectivity index (χ3n) is 0.872. The van der Waals surface area contributed by atoms with Gasteiger partial charge in [0.1, 0.15) is 12.6 Å². The van der Waals surface area contributed by atoms with Crippen LogP contribution in [0.3, 0.4) is 0 Å². The minimum absolute atomic E-state index is 0.248. The summed E-state index contributed by atoms with van der Waals surface area (Å²) in [6.07, 6.45) is 0. The fourth-order valence-corrected chi connectivity index (χ4v) is 1.14. The summed E-state index contributed by atoms with van der Waals surface area (Å²) < 4.78 is 10.9. The highest BCUT2D eigenvalue weighted by Crippen LogP contribution is 2.37. The van der Waals surface area contributed by atoms with Gasteiger partial charge >= 0.3 is 0 Å². The van der Waals surface area contributed by atoms with E-state index in [0.717, 1.165) is 0 Å². The Morgan fingerprint density at radius 2 is 1.78 bits per heavy atom. The van der Waals surface area contributed by atoms with Crippen molar-refractivity contribution in [1.82, 2.24) is 0 Å². The molecule has 0 rings (SSSR count). The van der Waals surface area contributed by atoms with E-state index in [-0.39, 0.29) is 5.45 Å². The second kappa shape index (κ2) is 2.44. The van der Waals surface area contributed by atoms with Crippen LogP contribution in [-0.4, -0.2) is 24.6 Å². The topological polar surface area (TPSA) is 58.0 Å². The maximum Gasteiger partial charge on any atom is 0.180 e. The summed E-state index contributed by atoms with van der Waals surface area (Å²) in [5, 5.41) is 6.98. The van der Waals surface area contributed by atoms with Gasteiger partial charge in [-0.15, -0.1) is 0 Å². The standard InChI is InChI=1S/C5H10NO2P/c1-4(7)5(6)9(2,3)8/h6H,1-3H3. The van der Waals surface area contributed by atoms with E-state index in [1.165, 1.54) is 20.3 Å². The highest BCUT2D eigenvalue weighted by molar-refractivity contribution is 7.82. The molecule has 0 aliphatic rings. The summed E-state index contributed by atoms with van der Waals surface area (Å²) >= 11 is 0. The number of nitrogens with one attached hydrogen (secondary N) is 1. The van der Waals surface area contributed by atoms with Crippen LogP contribution in [0.5, 0.6) is 0 Å². The fourth-order valence-electron chi connectivity index (χ4n) is 0.379. The lowest BCUT2D eigenvalue weighted by Crippen LogP contribution is -2.07. The quantitative estimate of drug-likeness (QED) is 0.470. The van der Waals surface area contributed by atoms with Crippen LogP contribution in [0.4, 0.5) is 0 Å².